The first kappa shape index (κ1) is 19.1. The third-order valence-corrected chi connectivity index (χ3v) is 3.34. The van der Waals surface area contributed by atoms with Gasteiger partial charge in [-0.3, -0.25) is 4.55 Å². The van der Waals surface area contributed by atoms with Gasteiger partial charge in [-0.25, -0.2) is 0 Å². The molecule has 6 heteroatoms. The second-order valence-corrected chi connectivity index (χ2v) is 5.77. The van der Waals surface area contributed by atoms with Crippen LogP contribution in [0.2, 0.25) is 0 Å². The van der Waals surface area contributed by atoms with Crippen LogP contribution in [0.3, 0.4) is 0 Å². The maximum atomic E-state index is 10.4. The molecule has 1 rings (SSSR count). The average Bonchev–Trinajstić information content (AvgIpc) is 2.32. The molecule has 0 heterocycles. The Kier molecular flexibility index (Phi) is 10.9. The molecule has 19 heavy (non-hydrogen) atoms. The topological polar surface area (TPSA) is 63.6 Å². The van der Waals surface area contributed by atoms with Gasteiger partial charge in [-0.05, 0) is 31.2 Å². The Morgan fingerprint density at radius 3 is 2.26 bits per heavy atom. The van der Waals surface area contributed by atoms with E-state index in [1.165, 1.54) is 5.56 Å². The molecule has 0 spiro atoms. The summed E-state index contributed by atoms with van der Waals surface area (Å²) in [5.74, 6) is -0.180. The van der Waals surface area contributed by atoms with Crippen LogP contribution in [0.4, 0.5) is 0 Å². The molecular weight excluding hydrogens is 275 g/mol. The van der Waals surface area contributed by atoms with Gasteiger partial charge in [0.05, 0.1) is 5.75 Å². The predicted molar refractivity (Wildman–Crippen MR) is 78.4 cm³/mol. The summed E-state index contributed by atoms with van der Waals surface area (Å²) in [6, 6.07) is 10.2. The third-order valence-electron chi connectivity index (χ3n) is 2.54. The minimum absolute atomic E-state index is 0. The fourth-order valence-electron chi connectivity index (χ4n) is 1.61. The molecule has 0 unspecified atom stereocenters. The van der Waals surface area contributed by atoms with Crippen LogP contribution in [-0.2, 0) is 21.3 Å². The summed E-state index contributed by atoms with van der Waals surface area (Å²) in [4.78, 5) is 0. The molecule has 0 aliphatic heterocycles. The van der Waals surface area contributed by atoms with Crippen LogP contribution in [0.15, 0.2) is 30.3 Å². The molecular formula is C13H21NaO4S. The molecule has 0 aliphatic rings. The molecule has 0 saturated heterocycles. The van der Waals surface area contributed by atoms with E-state index >= 15 is 0 Å². The van der Waals surface area contributed by atoms with Crippen LogP contribution in [0.5, 0.6) is 0 Å². The van der Waals surface area contributed by atoms with Crippen molar-refractivity contribution in [3.05, 3.63) is 35.9 Å². The van der Waals surface area contributed by atoms with E-state index in [-0.39, 0.29) is 35.3 Å². The zero-order valence-corrected chi connectivity index (χ0v) is 11.2. The molecule has 0 bridgehead atoms. The van der Waals surface area contributed by atoms with Crippen molar-refractivity contribution < 1.29 is 17.7 Å². The molecule has 1 aromatic carbocycles. The van der Waals surface area contributed by atoms with Crippen LogP contribution in [0.25, 0.3) is 0 Å². The predicted octanol–water partition coefficient (Wildman–Crippen LogP) is 1.66. The molecule has 0 atom stereocenters. The molecule has 1 aromatic rings. The third kappa shape index (κ3) is 11.6. The van der Waals surface area contributed by atoms with Gasteiger partial charge in [0.2, 0.25) is 0 Å². The zero-order chi connectivity index (χ0) is 13.3. The van der Waals surface area contributed by atoms with Crippen molar-refractivity contribution in [3.63, 3.8) is 0 Å². The average molecular weight is 296 g/mol. The van der Waals surface area contributed by atoms with Gasteiger partial charge >= 0.3 is 29.6 Å². The van der Waals surface area contributed by atoms with E-state index in [1.54, 1.807) is 0 Å². The van der Waals surface area contributed by atoms with E-state index in [2.05, 4.69) is 12.1 Å². The van der Waals surface area contributed by atoms with Crippen molar-refractivity contribution in [1.82, 2.24) is 0 Å². The Hall–Kier alpha value is 0.0900. The first-order valence-corrected chi connectivity index (χ1v) is 7.76. The van der Waals surface area contributed by atoms with Gasteiger partial charge < -0.3 is 4.74 Å². The molecule has 0 fully saturated rings. The quantitative estimate of drug-likeness (QED) is 0.427. The number of rotatable bonds is 9. The molecule has 0 aromatic heterocycles. The number of ether oxygens (including phenoxy) is 1. The van der Waals surface area contributed by atoms with Crippen LogP contribution in [0, 0.1) is 0 Å². The van der Waals surface area contributed by atoms with Crippen molar-refractivity contribution in [2.24, 2.45) is 0 Å². The van der Waals surface area contributed by atoms with E-state index < -0.39 is 10.1 Å². The maximum absolute atomic E-state index is 10.4. The van der Waals surface area contributed by atoms with Gasteiger partial charge in [0.25, 0.3) is 10.1 Å². The molecule has 104 valence electrons. The summed E-state index contributed by atoms with van der Waals surface area (Å²) in [6.45, 7) is 1.23. The fraction of sp³-hybridized carbons (Fsp3) is 0.538. The van der Waals surface area contributed by atoms with E-state index in [9.17, 15) is 8.42 Å². The summed E-state index contributed by atoms with van der Waals surface area (Å²) in [7, 11) is -3.81. The second-order valence-electron chi connectivity index (χ2n) is 4.19. The number of aryl methyl sites for hydroxylation is 1. The number of benzene rings is 1. The van der Waals surface area contributed by atoms with E-state index in [0.29, 0.717) is 26.1 Å². The standard InChI is InChI=1S/C13H20O4S.Na.H/c14-18(15,16)12-5-4-10-17-11-6-9-13-7-2-1-3-8-13;;/h1-3,7-8H,4-6,9-12H2,(H,14,15,16);;. The van der Waals surface area contributed by atoms with Gasteiger partial charge in [-0.1, -0.05) is 30.3 Å². The second kappa shape index (κ2) is 10.8. The normalized spacial score (nSPS) is 11.0. The Morgan fingerprint density at radius 2 is 1.63 bits per heavy atom. The molecule has 4 nitrogen and oxygen atoms in total. The first-order valence-electron chi connectivity index (χ1n) is 6.15. The van der Waals surface area contributed by atoms with Crippen molar-refractivity contribution in [2.75, 3.05) is 19.0 Å². The Labute approximate surface area is 137 Å². The number of hydrogen-bond acceptors (Lipinski definition) is 3. The zero-order valence-electron chi connectivity index (χ0n) is 10.4. The molecule has 0 saturated carbocycles. The monoisotopic (exact) mass is 296 g/mol. The van der Waals surface area contributed by atoms with Gasteiger partial charge in [-0.15, -0.1) is 0 Å². The van der Waals surface area contributed by atoms with Crippen LogP contribution >= 0.6 is 0 Å². The van der Waals surface area contributed by atoms with E-state index in [4.69, 9.17) is 9.29 Å². The summed E-state index contributed by atoms with van der Waals surface area (Å²) >= 11 is 0. The summed E-state index contributed by atoms with van der Waals surface area (Å²) in [5.41, 5.74) is 1.30. The number of unbranched alkanes of at least 4 members (excludes halogenated alkanes) is 1. The first-order chi connectivity index (χ1) is 8.58. The molecule has 0 amide bonds. The van der Waals surface area contributed by atoms with Crippen LogP contribution in [-0.4, -0.2) is 61.5 Å². The minimum atomic E-state index is -3.81. The van der Waals surface area contributed by atoms with Gasteiger partial charge in [0.1, 0.15) is 0 Å². The van der Waals surface area contributed by atoms with Crippen LogP contribution < -0.4 is 0 Å². The Bertz CT molecular complexity index is 420. The van der Waals surface area contributed by atoms with Gasteiger partial charge in [-0.2, -0.15) is 8.42 Å². The van der Waals surface area contributed by atoms with E-state index in [0.717, 1.165) is 12.8 Å². The van der Waals surface area contributed by atoms with Gasteiger partial charge in [0.15, 0.2) is 0 Å². The van der Waals surface area contributed by atoms with Gasteiger partial charge in [0, 0.05) is 13.2 Å². The van der Waals surface area contributed by atoms with Crippen molar-refractivity contribution in [1.29, 1.82) is 0 Å². The van der Waals surface area contributed by atoms with Crippen molar-refractivity contribution >= 4 is 39.7 Å². The Balaban J connectivity index is 0.00000324. The molecule has 1 N–H and O–H groups in total. The number of hydrogen-bond donors (Lipinski definition) is 1. The Morgan fingerprint density at radius 1 is 1.00 bits per heavy atom. The van der Waals surface area contributed by atoms with Crippen LogP contribution in [0.1, 0.15) is 24.8 Å². The SMILES string of the molecule is O=S(=O)(O)CCCCOCCCc1ccccc1.[NaH]. The van der Waals surface area contributed by atoms with Crippen molar-refractivity contribution in [2.45, 2.75) is 25.7 Å². The van der Waals surface area contributed by atoms with E-state index in [1.807, 2.05) is 18.2 Å². The summed E-state index contributed by atoms with van der Waals surface area (Å²) in [6.07, 6.45) is 3.05. The fourth-order valence-corrected chi connectivity index (χ4v) is 2.18. The summed E-state index contributed by atoms with van der Waals surface area (Å²) in [5, 5.41) is 0. The summed E-state index contributed by atoms with van der Waals surface area (Å²) < 4.78 is 34.8. The molecule has 0 aliphatic carbocycles. The molecule has 0 radical (unpaired) electrons. The van der Waals surface area contributed by atoms with Crippen molar-refractivity contribution in [3.8, 4) is 0 Å².